The first-order valence-corrected chi connectivity index (χ1v) is 10.7. The third-order valence-electron chi connectivity index (χ3n) is 6.70. The molecule has 1 atom stereocenters. The minimum absolute atomic E-state index is 0.0742. The number of likely N-dealkylation sites (N-methyl/N-ethyl adjacent to an activating group) is 1. The van der Waals surface area contributed by atoms with E-state index in [9.17, 15) is 14.7 Å². The molecule has 0 radical (unpaired) electrons. The van der Waals surface area contributed by atoms with E-state index in [1.807, 2.05) is 17.7 Å². The lowest BCUT2D eigenvalue weighted by Crippen LogP contribution is -2.43. The Morgan fingerprint density at radius 3 is 2.63 bits per heavy atom. The summed E-state index contributed by atoms with van der Waals surface area (Å²) >= 11 is 0. The Hall–Kier alpha value is -2.38. The van der Waals surface area contributed by atoms with Gasteiger partial charge in [0.05, 0.1) is 18.0 Å². The molecule has 1 aromatic heterocycles. The van der Waals surface area contributed by atoms with Crippen LogP contribution in [0.3, 0.4) is 0 Å². The van der Waals surface area contributed by atoms with Crippen molar-refractivity contribution in [3.63, 3.8) is 0 Å². The second kappa shape index (κ2) is 7.71. The molecular formula is C23H31N3O4. The third kappa shape index (κ3) is 3.40. The van der Waals surface area contributed by atoms with E-state index in [1.54, 1.807) is 13.2 Å². The number of carbonyl (C=O) groups is 1. The molecule has 1 aliphatic carbocycles. The Morgan fingerprint density at radius 1 is 1.30 bits per heavy atom. The number of hydrogen-bond acceptors (Lipinski definition) is 5. The molecule has 30 heavy (non-hydrogen) atoms. The molecule has 7 nitrogen and oxygen atoms in total. The number of likely N-dealkylation sites (tertiary alicyclic amines) is 1. The van der Waals surface area contributed by atoms with Crippen molar-refractivity contribution in [3.8, 4) is 5.75 Å². The van der Waals surface area contributed by atoms with Gasteiger partial charge in [-0.15, -0.1) is 0 Å². The van der Waals surface area contributed by atoms with Crippen molar-refractivity contribution >= 4 is 16.9 Å². The van der Waals surface area contributed by atoms with Gasteiger partial charge < -0.3 is 19.7 Å². The summed E-state index contributed by atoms with van der Waals surface area (Å²) in [4.78, 5) is 27.1. The van der Waals surface area contributed by atoms with Crippen LogP contribution in [0.1, 0.15) is 67.5 Å². The van der Waals surface area contributed by atoms with Crippen molar-refractivity contribution in [1.29, 1.82) is 0 Å². The van der Waals surface area contributed by atoms with Gasteiger partial charge in [-0.05, 0) is 52.6 Å². The predicted octanol–water partition coefficient (Wildman–Crippen LogP) is 3.18. The summed E-state index contributed by atoms with van der Waals surface area (Å²) in [7, 11) is 3.60. The van der Waals surface area contributed by atoms with E-state index in [-0.39, 0.29) is 23.2 Å². The number of carboxylic acid groups (broad SMARTS) is 1. The molecule has 2 heterocycles. The van der Waals surface area contributed by atoms with Gasteiger partial charge in [0.1, 0.15) is 11.3 Å². The Bertz CT molecular complexity index is 1040. The SMILES string of the molecule is CNCCN1C(c2ccc3c(=O)c(C(=O)O)cn(C4CC4)c3c2OC)CCC1(C)C. The van der Waals surface area contributed by atoms with E-state index < -0.39 is 11.4 Å². The van der Waals surface area contributed by atoms with Gasteiger partial charge in [0.15, 0.2) is 0 Å². The van der Waals surface area contributed by atoms with Gasteiger partial charge in [0, 0.05) is 42.5 Å². The topological polar surface area (TPSA) is 83.8 Å². The van der Waals surface area contributed by atoms with Gasteiger partial charge in [0.25, 0.3) is 0 Å². The molecule has 1 aromatic carbocycles. The molecule has 1 aliphatic heterocycles. The number of rotatable bonds is 7. The normalized spacial score (nSPS) is 21.3. The van der Waals surface area contributed by atoms with Crippen molar-refractivity contribution < 1.29 is 14.6 Å². The fourth-order valence-electron chi connectivity index (χ4n) is 4.93. The van der Waals surface area contributed by atoms with E-state index in [0.29, 0.717) is 11.1 Å². The molecule has 2 aliphatic rings. The molecule has 4 rings (SSSR count). The van der Waals surface area contributed by atoms with Crippen LogP contribution in [0.25, 0.3) is 10.9 Å². The van der Waals surface area contributed by atoms with E-state index in [1.165, 1.54) is 6.20 Å². The van der Waals surface area contributed by atoms with Crippen molar-refractivity contribution in [2.45, 2.75) is 57.2 Å². The lowest BCUT2D eigenvalue weighted by Gasteiger charge is -2.36. The molecule has 0 bridgehead atoms. The average Bonchev–Trinajstić information content (AvgIpc) is 3.50. The average molecular weight is 414 g/mol. The van der Waals surface area contributed by atoms with E-state index in [4.69, 9.17) is 4.74 Å². The zero-order chi connectivity index (χ0) is 21.6. The summed E-state index contributed by atoms with van der Waals surface area (Å²) in [5.41, 5.74) is 1.25. The molecular weight excluding hydrogens is 382 g/mol. The first-order chi connectivity index (χ1) is 14.3. The summed E-state index contributed by atoms with van der Waals surface area (Å²) in [5, 5.41) is 13.2. The van der Waals surface area contributed by atoms with Crippen LogP contribution in [0.15, 0.2) is 23.1 Å². The Balaban J connectivity index is 1.92. The number of hydrogen-bond donors (Lipinski definition) is 2. The summed E-state index contributed by atoms with van der Waals surface area (Å²) in [5.74, 6) is -0.485. The van der Waals surface area contributed by atoms with E-state index in [0.717, 1.165) is 49.9 Å². The fraction of sp³-hybridized carbons (Fsp3) is 0.565. The number of pyridine rings is 1. The minimum Gasteiger partial charge on any atom is -0.494 e. The molecule has 2 aromatic rings. The molecule has 0 amide bonds. The van der Waals surface area contributed by atoms with Crippen LogP contribution < -0.4 is 15.5 Å². The second-order valence-electron chi connectivity index (χ2n) is 9.06. The van der Waals surface area contributed by atoms with Crippen molar-refractivity contribution in [2.75, 3.05) is 27.2 Å². The van der Waals surface area contributed by atoms with Crippen LogP contribution >= 0.6 is 0 Å². The molecule has 7 heteroatoms. The second-order valence-corrected chi connectivity index (χ2v) is 9.06. The lowest BCUT2D eigenvalue weighted by atomic mass is 9.99. The monoisotopic (exact) mass is 413 g/mol. The maximum absolute atomic E-state index is 12.9. The maximum atomic E-state index is 12.9. The lowest BCUT2D eigenvalue weighted by molar-refractivity contribution is 0.0694. The highest BCUT2D eigenvalue weighted by Crippen LogP contribution is 2.47. The highest BCUT2D eigenvalue weighted by Gasteiger charge is 2.41. The number of nitrogens with zero attached hydrogens (tertiary/aromatic N) is 2. The largest absolute Gasteiger partial charge is 0.494 e. The van der Waals surface area contributed by atoms with E-state index in [2.05, 4.69) is 24.1 Å². The summed E-state index contributed by atoms with van der Waals surface area (Å²) in [6.07, 6.45) is 5.56. The number of aromatic nitrogens is 1. The molecule has 162 valence electrons. The summed E-state index contributed by atoms with van der Waals surface area (Å²) < 4.78 is 7.88. The van der Waals surface area contributed by atoms with Gasteiger partial charge >= 0.3 is 5.97 Å². The number of carboxylic acids is 1. The highest BCUT2D eigenvalue weighted by atomic mass is 16.5. The van der Waals surface area contributed by atoms with Gasteiger partial charge in [-0.3, -0.25) is 9.69 Å². The maximum Gasteiger partial charge on any atom is 0.341 e. The number of nitrogens with one attached hydrogen (secondary N) is 1. The molecule has 2 fully saturated rings. The first kappa shape index (κ1) is 20.9. The number of methoxy groups -OCH3 is 1. The number of aromatic carboxylic acids is 1. The Kier molecular flexibility index (Phi) is 5.36. The van der Waals surface area contributed by atoms with Gasteiger partial charge in [0.2, 0.25) is 5.43 Å². The van der Waals surface area contributed by atoms with Crippen LogP contribution in [0.4, 0.5) is 0 Å². The van der Waals surface area contributed by atoms with Crippen LogP contribution in [0, 0.1) is 0 Å². The summed E-state index contributed by atoms with van der Waals surface area (Å²) in [6, 6.07) is 4.16. The van der Waals surface area contributed by atoms with Crippen molar-refractivity contribution in [2.24, 2.45) is 0 Å². The van der Waals surface area contributed by atoms with Crippen LogP contribution in [-0.4, -0.2) is 53.3 Å². The van der Waals surface area contributed by atoms with Crippen molar-refractivity contribution in [3.05, 3.63) is 39.7 Å². The molecule has 1 unspecified atom stereocenters. The zero-order valence-corrected chi connectivity index (χ0v) is 18.2. The van der Waals surface area contributed by atoms with E-state index >= 15 is 0 Å². The number of fused-ring (bicyclic) bond motifs is 1. The quantitative estimate of drug-likeness (QED) is 0.725. The Morgan fingerprint density at radius 2 is 2.03 bits per heavy atom. The zero-order valence-electron chi connectivity index (χ0n) is 18.2. The van der Waals surface area contributed by atoms with Gasteiger partial charge in [-0.25, -0.2) is 4.79 Å². The number of ether oxygens (including phenoxy) is 1. The van der Waals surface area contributed by atoms with Crippen LogP contribution in [0.2, 0.25) is 0 Å². The smallest absolute Gasteiger partial charge is 0.341 e. The fourth-order valence-corrected chi connectivity index (χ4v) is 4.93. The molecule has 0 spiro atoms. The minimum atomic E-state index is -1.19. The predicted molar refractivity (Wildman–Crippen MR) is 117 cm³/mol. The van der Waals surface area contributed by atoms with Gasteiger partial charge in [-0.2, -0.15) is 0 Å². The standard InChI is InChI=1S/C23H31N3O4/c1-23(2)10-9-18(26(23)12-11-24-3)15-7-8-16-19(21(15)30-4)25(14-5-6-14)13-17(20(16)27)22(28)29/h7-8,13-14,18,24H,5-6,9-12H2,1-4H3,(H,28,29). The Labute approximate surface area is 176 Å². The van der Waals surface area contributed by atoms with Gasteiger partial charge in [-0.1, -0.05) is 6.07 Å². The number of benzene rings is 1. The highest BCUT2D eigenvalue weighted by molar-refractivity contribution is 5.95. The molecule has 1 saturated heterocycles. The van der Waals surface area contributed by atoms with Crippen molar-refractivity contribution in [1.82, 2.24) is 14.8 Å². The molecule has 1 saturated carbocycles. The third-order valence-corrected chi connectivity index (χ3v) is 6.70. The van der Waals surface area contributed by atoms with Crippen LogP contribution in [-0.2, 0) is 0 Å². The van der Waals surface area contributed by atoms with Crippen LogP contribution in [0.5, 0.6) is 5.75 Å². The summed E-state index contributed by atoms with van der Waals surface area (Å²) in [6.45, 7) is 6.36. The molecule has 2 N–H and O–H groups in total. The first-order valence-electron chi connectivity index (χ1n) is 10.7.